The van der Waals surface area contributed by atoms with E-state index < -0.39 is 17.6 Å². The highest BCUT2D eigenvalue weighted by atomic mass is 16.5. The molecule has 0 saturated heterocycles. The molecule has 1 aromatic heterocycles. The van der Waals surface area contributed by atoms with E-state index in [9.17, 15) is 14.8 Å². The van der Waals surface area contributed by atoms with Crippen molar-refractivity contribution in [2.24, 2.45) is 11.7 Å². The number of fused-ring (bicyclic) bond motifs is 1. The van der Waals surface area contributed by atoms with Gasteiger partial charge in [0.2, 0.25) is 5.91 Å². The average molecular weight is 207 g/mol. The van der Waals surface area contributed by atoms with Crippen molar-refractivity contribution in [3.8, 4) is 0 Å². The molecule has 1 unspecified atom stereocenters. The SMILES string of the molecule is NC(=O)C1CN(O)c2cccnc2C1=O. The largest absolute Gasteiger partial charge is 0.369 e. The van der Waals surface area contributed by atoms with Crippen LogP contribution in [0.4, 0.5) is 5.69 Å². The highest BCUT2D eigenvalue weighted by Crippen LogP contribution is 2.26. The number of primary amides is 1. The minimum Gasteiger partial charge on any atom is -0.369 e. The summed E-state index contributed by atoms with van der Waals surface area (Å²) in [6, 6.07) is 3.15. The van der Waals surface area contributed by atoms with E-state index in [-0.39, 0.29) is 12.2 Å². The zero-order chi connectivity index (χ0) is 11.0. The number of hydroxylamine groups is 1. The number of rotatable bonds is 1. The highest BCUT2D eigenvalue weighted by Gasteiger charge is 2.35. The molecular weight excluding hydrogens is 198 g/mol. The van der Waals surface area contributed by atoms with Gasteiger partial charge in [-0.3, -0.25) is 24.8 Å². The topological polar surface area (TPSA) is 96.5 Å². The number of amides is 1. The third-order valence-corrected chi connectivity index (χ3v) is 2.31. The summed E-state index contributed by atoms with van der Waals surface area (Å²) in [5.41, 5.74) is 5.44. The molecule has 0 radical (unpaired) electrons. The predicted octanol–water partition coefficient (Wildman–Crippen LogP) is -0.425. The van der Waals surface area contributed by atoms with Crippen LogP contribution in [0.3, 0.4) is 0 Å². The van der Waals surface area contributed by atoms with Gasteiger partial charge in [-0.05, 0) is 12.1 Å². The zero-order valence-electron chi connectivity index (χ0n) is 7.75. The molecule has 0 bridgehead atoms. The molecule has 1 aromatic rings. The fraction of sp³-hybridized carbons (Fsp3) is 0.222. The summed E-state index contributed by atoms with van der Waals surface area (Å²) in [4.78, 5) is 26.5. The van der Waals surface area contributed by atoms with E-state index in [0.29, 0.717) is 5.69 Å². The third kappa shape index (κ3) is 1.44. The lowest BCUT2D eigenvalue weighted by Crippen LogP contribution is -2.44. The van der Waals surface area contributed by atoms with E-state index in [1.807, 2.05) is 0 Å². The molecule has 6 nitrogen and oxygen atoms in total. The molecular formula is C9H9N3O3. The highest BCUT2D eigenvalue weighted by molar-refractivity contribution is 6.12. The van der Waals surface area contributed by atoms with Gasteiger partial charge >= 0.3 is 0 Å². The Morgan fingerprint density at radius 2 is 2.40 bits per heavy atom. The maximum Gasteiger partial charge on any atom is 0.230 e. The second-order valence-corrected chi connectivity index (χ2v) is 3.27. The van der Waals surface area contributed by atoms with Crippen molar-refractivity contribution in [2.45, 2.75) is 0 Å². The maximum atomic E-state index is 11.7. The second kappa shape index (κ2) is 3.32. The lowest BCUT2D eigenvalue weighted by molar-refractivity contribution is -0.120. The van der Waals surface area contributed by atoms with Crippen LogP contribution in [-0.4, -0.2) is 28.4 Å². The van der Waals surface area contributed by atoms with E-state index in [1.165, 1.54) is 6.20 Å². The molecule has 1 amide bonds. The van der Waals surface area contributed by atoms with E-state index >= 15 is 0 Å². The standard InChI is InChI=1S/C9H9N3O3/c10-9(14)5-4-12(15)6-2-1-3-11-7(6)8(5)13/h1-3,5,15H,4H2,(H2,10,14). The number of anilines is 1. The van der Waals surface area contributed by atoms with Gasteiger partial charge in [0.1, 0.15) is 11.6 Å². The Kier molecular flexibility index (Phi) is 2.12. The quantitative estimate of drug-likeness (QED) is 0.609. The van der Waals surface area contributed by atoms with Crippen molar-refractivity contribution in [2.75, 3.05) is 11.6 Å². The Bertz CT molecular complexity index is 432. The Morgan fingerprint density at radius 3 is 3.07 bits per heavy atom. The number of carbonyl (C=O) groups excluding carboxylic acids is 2. The molecule has 1 atom stereocenters. The van der Waals surface area contributed by atoms with Gasteiger partial charge in [-0.25, -0.2) is 0 Å². The smallest absolute Gasteiger partial charge is 0.230 e. The fourth-order valence-corrected chi connectivity index (χ4v) is 1.53. The molecule has 1 aliphatic heterocycles. The molecule has 1 aliphatic rings. The second-order valence-electron chi connectivity index (χ2n) is 3.27. The summed E-state index contributed by atoms with van der Waals surface area (Å²) in [5.74, 6) is -2.23. The van der Waals surface area contributed by atoms with Crippen molar-refractivity contribution >= 4 is 17.4 Å². The Morgan fingerprint density at radius 1 is 1.67 bits per heavy atom. The number of aromatic nitrogens is 1. The van der Waals surface area contributed by atoms with Gasteiger partial charge in [-0.15, -0.1) is 0 Å². The molecule has 78 valence electrons. The van der Waals surface area contributed by atoms with E-state index in [0.717, 1.165) is 5.06 Å². The Balaban J connectivity index is 2.49. The van der Waals surface area contributed by atoms with Gasteiger partial charge in [0.05, 0.1) is 12.2 Å². The lowest BCUT2D eigenvalue weighted by Gasteiger charge is -2.27. The van der Waals surface area contributed by atoms with Crippen molar-refractivity contribution in [3.63, 3.8) is 0 Å². The van der Waals surface area contributed by atoms with Crippen LogP contribution in [0.5, 0.6) is 0 Å². The summed E-state index contributed by atoms with van der Waals surface area (Å²) in [6.07, 6.45) is 1.42. The van der Waals surface area contributed by atoms with Crippen LogP contribution in [0, 0.1) is 5.92 Å². The fourth-order valence-electron chi connectivity index (χ4n) is 1.53. The minimum atomic E-state index is -1.03. The first-order valence-corrected chi connectivity index (χ1v) is 4.36. The Hall–Kier alpha value is -1.95. The van der Waals surface area contributed by atoms with Gasteiger partial charge in [0.15, 0.2) is 5.78 Å². The first-order valence-electron chi connectivity index (χ1n) is 4.36. The normalized spacial score (nSPS) is 19.9. The van der Waals surface area contributed by atoms with Crippen molar-refractivity contribution in [1.82, 2.24) is 4.98 Å². The molecule has 3 N–H and O–H groups in total. The van der Waals surface area contributed by atoms with Crippen LogP contribution < -0.4 is 10.8 Å². The van der Waals surface area contributed by atoms with Gasteiger partial charge < -0.3 is 5.73 Å². The molecule has 2 heterocycles. The summed E-state index contributed by atoms with van der Waals surface area (Å²) in [7, 11) is 0. The van der Waals surface area contributed by atoms with Crippen LogP contribution in [0.2, 0.25) is 0 Å². The number of nitrogens with zero attached hydrogens (tertiary/aromatic N) is 2. The summed E-state index contributed by atoms with van der Waals surface area (Å²) in [6.45, 7) is -0.118. The summed E-state index contributed by atoms with van der Waals surface area (Å²) < 4.78 is 0. The van der Waals surface area contributed by atoms with Crippen LogP contribution in [0.1, 0.15) is 10.5 Å². The number of hydrogen-bond acceptors (Lipinski definition) is 5. The van der Waals surface area contributed by atoms with Gasteiger partial charge in [-0.1, -0.05) is 0 Å². The predicted molar refractivity (Wildman–Crippen MR) is 50.4 cm³/mol. The average Bonchev–Trinajstić information content (AvgIpc) is 2.23. The number of Topliss-reactive ketones (excluding diaryl/α,β-unsaturated/α-hetero) is 1. The monoisotopic (exact) mass is 207 g/mol. The summed E-state index contributed by atoms with van der Waals surface area (Å²) >= 11 is 0. The molecule has 0 saturated carbocycles. The molecule has 0 spiro atoms. The van der Waals surface area contributed by atoms with Gasteiger partial charge in [0.25, 0.3) is 0 Å². The number of hydrogen-bond donors (Lipinski definition) is 2. The molecule has 0 aromatic carbocycles. The molecule has 6 heteroatoms. The lowest BCUT2D eigenvalue weighted by atomic mass is 9.95. The van der Waals surface area contributed by atoms with Crippen molar-refractivity contribution in [3.05, 3.63) is 24.0 Å². The molecule has 0 fully saturated rings. The minimum absolute atomic E-state index is 0.0788. The van der Waals surface area contributed by atoms with Crippen molar-refractivity contribution < 1.29 is 14.8 Å². The zero-order valence-corrected chi connectivity index (χ0v) is 7.75. The number of ketones is 1. The number of carbonyl (C=O) groups is 2. The summed E-state index contributed by atoms with van der Waals surface area (Å²) in [5, 5.41) is 10.4. The third-order valence-electron chi connectivity index (χ3n) is 2.31. The Labute approximate surface area is 85.3 Å². The van der Waals surface area contributed by atoms with E-state index in [2.05, 4.69) is 4.98 Å². The molecule has 0 aliphatic carbocycles. The van der Waals surface area contributed by atoms with Crippen LogP contribution >= 0.6 is 0 Å². The van der Waals surface area contributed by atoms with E-state index in [1.54, 1.807) is 12.1 Å². The van der Waals surface area contributed by atoms with E-state index in [4.69, 9.17) is 5.73 Å². The van der Waals surface area contributed by atoms with Crippen LogP contribution in [-0.2, 0) is 4.79 Å². The van der Waals surface area contributed by atoms with Crippen molar-refractivity contribution in [1.29, 1.82) is 0 Å². The van der Waals surface area contributed by atoms with Gasteiger partial charge in [0, 0.05) is 6.20 Å². The van der Waals surface area contributed by atoms with Crippen LogP contribution in [0.25, 0.3) is 0 Å². The molecule has 2 rings (SSSR count). The first kappa shape index (κ1) is 9.60. The number of nitrogens with two attached hydrogens (primary N) is 1. The van der Waals surface area contributed by atoms with Crippen LogP contribution in [0.15, 0.2) is 18.3 Å². The first-order chi connectivity index (χ1) is 7.11. The van der Waals surface area contributed by atoms with Gasteiger partial charge in [-0.2, -0.15) is 0 Å². The number of pyridine rings is 1. The molecule has 15 heavy (non-hydrogen) atoms. The maximum absolute atomic E-state index is 11.7.